The van der Waals surface area contributed by atoms with Crippen LogP contribution in [0.1, 0.15) is 31.2 Å². The van der Waals surface area contributed by atoms with Crippen LogP contribution in [0, 0.1) is 18.3 Å². The van der Waals surface area contributed by atoms with Crippen molar-refractivity contribution < 1.29 is 0 Å². The minimum atomic E-state index is 0.356. The number of nitrogens with two attached hydrogens (primary N) is 1. The molecular formula is C11H19N3. The molecule has 0 radical (unpaired) electrons. The lowest BCUT2D eigenvalue weighted by molar-refractivity contribution is 0.553. The average Bonchev–Trinajstić information content (AvgIpc) is 2.46. The van der Waals surface area contributed by atoms with E-state index in [2.05, 4.69) is 25.0 Å². The molecule has 0 spiro atoms. The van der Waals surface area contributed by atoms with Gasteiger partial charge in [-0.3, -0.25) is 4.68 Å². The summed E-state index contributed by atoms with van der Waals surface area (Å²) in [5, 5.41) is 4.38. The van der Waals surface area contributed by atoms with Crippen molar-refractivity contribution in [1.82, 2.24) is 9.78 Å². The Balaban J connectivity index is 2.30. The maximum atomic E-state index is 5.76. The van der Waals surface area contributed by atoms with Crippen molar-refractivity contribution in [3.63, 3.8) is 0 Å². The summed E-state index contributed by atoms with van der Waals surface area (Å²) in [6.45, 7) is 7.40. The molecule has 1 fully saturated rings. The smallest absolute Gasteiger partial charge is 0.0596 e. The molecule has 3 nitrogen and oxygen atoms in total. The van der Waals surface area contributed by atoms with Crippen LogP contribution in [0.4, 0.5) is 0 Å². The third kappa shape index (κ3) is 1.19. The summed E-state index contributed by atoms with van der Waals surface area (Å²) in [5.41, 5.74) is 8.55. The minimum absolute atomic E-state index is 0.356. The summed E-state index contributed by atoms with van der Waals surface area (Å²) < 4.78 is 2.00. The van der Waals surface area contributed by atoms with Crippen molar-refractivity contribution in [1.29, 1.82) is 0 Å². The van der Waals surface area contributed by atoms with Crippen LogP contribution in [0.15, 0.2) is 6.07 Å². The molecule has 2 rings (SSSR count). The maximum absolute atomic E-state index is 5.76. The van der Waals surface area contributed by atoms with Gasteiger partial charge in [0.05, 0.1) is 5.69 Å². The maximum Gasteiger partial charge on any atom is 0.0596 e. The van der Waals surface area contributed by atoms with Crippen LogP contribution in [-0.2, 0) is 7.05 Å². The first-order valence-corrected chi connectivity index (χ1v) is 5.19. The predicted octanol–water partition coefficient (Wildman–Crippen LogP) is 1.43. The van der Waals surface area contributed by atoms with Crippen molar-refractivity contribution >= 4 is 0 Å². The summed E-state index contributed by atoms with van der Waals surface area (Å²) in [6.07, 6.45) is 0. The monoisotopic (exact) mass is 193 g/mol. The van der Waals surface area contributed by atoms with Crippen molar-refractivity contribution in [2.45, 2.75) is 26.7 Å². The average molecular weight is 193 g/mol. The number of aromatic nitrogens is 2. The molecule has 0 saturated heterocycles. The van der Waals surface area contributed by atoms with Crippen LogP contribution in [0.2, 0.25) is 0 Å². The number of nitrogens with zero attached hydrogens (tertiary/aromatic N) is 2. The first-order chi connectivity index (χ1) is 6.48. The van der Waals surface area contributed by atoms with E-state index in [4.69, 9.17) is 5.73 Å². The topological polar surface area (TPSA) is 43.8 Å². The molecule has 1 aliphatic carbocycles. The lowest BCUT2D eigenvalue weighted by atomic mass is 10.1. The van der Waals surface area contributed by atoms with Crippen LogP contribution >= 0.6 is 0 Å². The Morgan fingerprint density at radius 3 is 2.57 bits per heavy atom. The van der Waals surface area contributed by atoms with Crippen LogP contribution in [0.25, 0.3) is 0 Å². The second kappa shape index (κ2) is 2.83. The van der Waals surface area contributed by atoms with Gasteiger partial charge in [0.15, 0.2) is 0 Å². The normalized spacial score (nSPS) is 29.2. The number of rotatable bonds is 2. The van der Waals surface area contributed by atoms with E-state index in [0.29, 0.717) is 17.3 Å². The lowest BCUT2D eigenvalue weighted by Crippen LogP contribution is -2.05. The standard InChI is InChI=1S/C11H19N3/c1-7-5-9(14(4)13-7)10-8(6-12)11(10,2)3/h5,8,10H,6,12H2,1-4H3. The second-order valence-corrected chi connectivity index (χ2v) is 4.98. The van der Waals surface area contributed by atoms with E-state index in [9.17, 15) is 0 Å². The zero-order chi connectivity index (χ0) is 10.5. The van der Waals surface area contributed by atoms with Gasteiger partial charge in [0.25, 0.3) is 0 Å². The van der Waals surface area contributed by atoms with E-state index >= 15 is 0 Å². The molecular weight excluding hydrogens is 174 g/mol. The molecule has 0 bridgehead atoms. The first-order valence-electron chi connectivity index (χ1n) is 5.19. The Hall–Kier alpha value is -0.830. The van der Waals surface area contributed by atoms with E-state index in [1.165, 1.54) is 5.69 Å². The molecule has 2 atom stereocenters. The zero-order valence-corrected chi connectivity index (χ0v) is 9.41. The third-order valence-electron chi connectivity index (χ3n) is 3.66. The quantitative estimate of drug-likeness (QED) is 0.772. The van der Waals surface area contributed by atoms with Crippen LogP contribution in [-0.4, -0.2) is 16.3 Å². The highest BCUT2D eigenvalue weighted by molar-refractivity contribution is 5.28. The van der Waals surface area contributed by atoms with Gasteiger partial charge in [-0.2, -0.15) is 5.10 Å². The highest BCUT2D eigenvalue weighted by Gasteiger charge is 2.58. The molecule has 2 N–H and O–H groups in total. The van der Waals surface area contributed by atoms with Gasteiger partial charge < -0.3 is 5.73 Å². The molecule has 78 valence electrons. The summed E-state index contributed by atoms with van der Waals surface area (Å²) in [4.78, 5) is 0. The van der Waals surface area contributed by atoms with Crippen LogP contribution in [0.5, 0.6) is 0 Å². The molecule has 1 aromatic rings. The van der Waals surface area contributed by atoms with Crippen molar-refractivity contribution in [2.24, 2.45) is 24.1 Å². The fourth-order valence-electron chi connectivity index (χ4n) is 2.69. The fraction of sp³-hybridized carbons (Fsp3) is 0.727. The van der Waals surface area contributed by atoms with Gasteiger partial charge in [0.2, 0.25) is 0 Å². The third-order valence-corrected chi connectivity index (χ3v) is 3.66. The van der Waals surface area contributed by atoms with Gasteiger partial charge >= 0.3 is 0 Å². The SMILES string of the molecule is Cc1cc(C2C(CN)C2(C)C)n(C)n1. The molecule has 1 aromatic heterocycles. The van der Waals surface area contributed by atoms with Crippen molar-refractivity contribution in [2.75, 3.05) is 6.54 Å². The van der Waals surface area contributed by atoms with Gasteiger partial charge in [0.1, 0.15) is 0 Å². The Morgan fingerprint density at radius 1 is 1.57 bits per heavy atom. The summed E-state index contributed by atoms with van der Waals surface area (Å²) in [6, 6.07) is 2.18. The van der Waals surface area contributed by atoms with E-state index in [1.807, 2.05) is 18.7 Å². The Bertz CT molecular complexity index is 351. The largest absolute Gasteiger partial charge is 0.330 e. The van der Waals surface area contributed by atoms with E-state index in [-0.39, 0.29) is 0 Å². The molecule has 1 saturated carbocycles. The second-order valence-electron chi connectivity index (χ2n) is 4.98. The molecule has 1 aliphatic rings. The molecule has 0 aromatic carbocycles. The predicted molar refractivity (Wildman–Crippen MR) is 57.0 cm³/mol. The van der Waals surface area contributed by atoms with Crippen LogP contribution in [0.3, 0.4) is 0 Å². The Labute approximate surface area is 85.3 Å². The molecule has 1 heterocycles. The molecule has 3 heteroatoms. The number of hydrogen-bond acceptors (Lipinski definition) is 2. The summed E-state index contributed by atoms with van der Waals surface area (Å²) in [5.74, 6) is 1.22. The van der Waals surface area contributed by atoms with E-state index in [1.54, 1.807) is 0 Å². The molecule has 0 amide bonds. The van der Waals surface area contributed by atoms with Crippen molar-refractivity contribution in [3.05, 3.63) is 17.5 Å². The van der Waals surface area contributed by atoms with Gasteiger partial charge in [-0.25, -0.2) is 0 Å². The van der Waals surface area contributed by atoms with Gasteiger partial charge in [0, 0.05) is 18.7 Å². The summed E-state index contributed by atoms with van der Waals surface area (Å²) in [7, 11) is 2.02. The fourth-order valence-corrected chi connectivity index (χ4v) is 2.69. The Morgan fingerprint density at radius 2 is 2.21 bits per heavy atom. The summed E-state index contributed by atoms with van der Waals surface area (Å²) >= 11 is 0. The molecule has 14 heavy (non-hydrogen) atoms. The first kappa shape index (κ1) is 9.71. The van der Waals surface area contributed by atoms with Gasteiger partial charge in [-0.15, -0.1) is 0 Å². The van der Waals surface area contributed by atoms with Gasteiger partial charge in [-0.05, 0) is 30.9 Å². The number of hydrogen-bond donors (Lipinski definition) is 1. The van der Waals surface area contributed by atoms with Crippen molar-refractivity contribution in [3.8, 4) is 0 Å². The van der Waals surface area contributed by atoms with E-state index in [0.717, 1.165) is 12.2 Å². The minimum Gasteiger partial charge on any atom is -0.330 e. The van der Waals surface area contributed by atoms with E-state index < -0.39 is 0 Å². The Kier molecular flexibility index (Phi) is 1.96. The zero-order valence-electron chi connectivity index (χ0n) is 9.41. The molecule has 2 unspecified atom stereocenters. The highest BCUT2D eigenvalue weighted by Crippen LogP contribution is 2.63. The molecule has 0 aliphatic heterocycles. The number of aryl methyl sites for hydroxylation is 2. The lowest BCUT2D eigenvalue weighted by Gasteiger charge is -2.02. The van der Waals surface area contributed by atoms with Crippen LogP contribution < -0.4 is 5.73 Å². The highest BCUT2D eigenvalue weighted by atomic mass is 15.3. The van der Waals surface area contributed by atoms with Gasteiger partial charge in [-0.1, -0.05) is 13.8 Å².